The number of anilines is 1. The number of thiophene rings is 1. The molecule has 0 saturated carbocycles. The molecule has 0 atom stereocenters. The summed E-state index contributed by atoms with van der Waals surface area (Å²) in [5.74, 6) is 0.722. The molecule has 8 nitrogen and oxygen atoms in total. The van der Waals surface area contributed by atoms with Gasteiger partial charge in [0, 0.05) is 17.4 Å². The fourth-order valence-electron chi connectivity index (χ4n) is 2.96. The van der Waals surface area contributed by atoms with Gasteiger partial charge in [0.25, 0.3) is 5.91 Å². The van der Waals surface area contributed by atoms with Gasteiger partial charge in [0.05, 0.1) is 17.6 Å². The van der Waals surface area contributed by atoms with E-state index in [1.807, 2.05) is 37.3 Å². The van der Waals surface area contributed by atoms with Crippen LogP contribution in [0.2, 0.25) is 0 Å². The SMILES string of the molecule is CC(=O)c1ccc(Cn2ncc(NC(=O)c3nc(C)oc3-c3cccc(C)c3)n2)s1. The third-order valence-corrected chi connectivity index (χ3v) is 5.48. The number of carbonyl (C=O) groups is 2. The van der Waals surface area contributed by atoms with Crippen molar-refractivity contribution in [3.05, 3.63) is 69.5 Å². The van der Waals surface area contributed by atoms with Crippen LogP contribution in [-0.4, -0.2) is 31.7 Å². The van der Waals surface area contributed by atoms with Crippen molar-refractivity contribution < 1.29 is 14.0 Å². The highest BCUT2D eigenvalue weighted by atomic mass is 32.1. The number of nitrogens with zero attached hydrogens (tertiary/aromatic N) is 4. The molecule has 4 rings (SSSR count). The lowest BCUT2D eigenvalue weighted by Crippen LogP contribution is -2.14. The molecule has 0 aliphatic carbocycles. The molecule has 30 heavy (non-hydrogen) atoms. The van der Waals surface area contributed by atoms with Gasteiger partial charge in [-0.15, -0.1) is 16.4 Å². The summed E-state index contributed by atoms with van der Waals surface area (Å²) in [4.78, 5) is 31.6. The molecule has 3 aromatic heterocycles. The van der Waals surface area contributed by atoms with E-state index in [0.717, 1.165) is 16.0 Å². The van der Waals surface area contributed by atoms with Crippen LogP contribution in [0, 0.1) is 13.8 Å². The van der Waals surface area contributed by atoms with Crippen molar-refractivity contribution in [2.24, 2.45) is 0 Å². The molecule has 0 aliphatic heterocycles. The second kappa shape index (κ2) is 8.03. The van der Waals surface area contributed by atoms with E-state index in [1.165, 1.54) is 29.3 Å². The summed E-state index contributed by atoms with van der Waals surface area (Å²) in [5.41, 5.74) is 2.03. The average molecular weight is 421 g/mol. The van der Waals surface area contributed by atoms with Crippen LogP contribution in [0.25, 0.3) is 11.3 Å². The predicted molar refractivity (Wildman–Crippen MR) is 113 cm³/mol. The van der Waals surface area contributed by atoms with Crippen molar-refractivity contribution in [3.63, 3.8) is 0 Å². The summed E-state index contributed by atoms with van der Waals surface area (Å²) in [6, 6.07) is 11.3. The van der Waals surface area contributed by atoms with E-state index in [0.29, 0.717) is 28.9 Å². The van der Waals surface area contributed by atoms with Gasteiger partial charge in [-0.25, -0.2) is 4.98 Å². The average Bonchev–Trinajstić information content (AvgIpc) is 3.42. The topological polar surface area (TPSA) is 103 Å². The molecule has 1 amide bonds. The van der Waals surface area contributed by atoms with Crippen molar-refractivity contribution in [1.29, 1.82) is 0 Å². The molecule has 4 aromatic rings. The number of hydrogen-bond donors (Lipinski definition) is 1. The summed E-state index contributed by atoms with van der Waals surface area (Å²) in [6.07, 6.45) is 1.47. The summed E-state index contributed by atoms with van der Waals surface area (Å²) < 4.78 is 5.68. The molecule has 152 valence electrons. The zero-order valence-corrected chi connectivity index (χ0v) is 17.5. The monoisotopic (exact) mass is 421 g/mol. The van der Waals surface area contributed by atoms with Crippen molar-refractivity contribution in [1.82, 2.24) is 20.0 Å². The number of hydrogen-bond acceptors (Lipinski definition) is 7. The zero-order valence-electron chi connectivity index (χ0n) is 16.7. The Hall–Kier alpha value is -3.59. The number of carbonyl (C=O) groups excluding carboxylic acids is 2. The highest BCUT2D eigenvalue weighted by molar-refractivity contribution is 7.14. The zero-order chi connectivity index (χ0) is 21.3. The van der Waals surface area contributed by atoms with Crippen LogP contribution < -0.4 is 5.32 Å². The van der Waals surface area contributed by atoms with E-state index >= 15 is 0 Å². The molecule has 1 N–H and O–H groups in total. The first-order valence-electron chi connectivity index (χ1n) is 9.24. The van der Waals surface area contributed by atoms with Crippen molar-refractivity contribution in [2.75, 3.05) is 5.32 Å². The number of nitrogens with one attached hydrogen (secondary N) is 1. The molecule has 0 unspecified atom stereocenters. The van der Waals surface area contributed by atoms with Crippen LogP contribution in [0.3, 0.4) is 0 Å². The third kappa shape index (κ3) is 4.20. The second-order valence-corrected chi connectivity index (χ2v) is 7.98. The standard InChI is InChI=1S/C21H19N5O3S/c1-12-5-4-6-15(9-12)20-19(23-14(3)29-20)21(28)24-18-10-22-26(25-18)11-16-7-8-17(30-16)13(2)27/h4-10H,11H2,1-3H3,(H,24,25,28). The number of ketones is 1. The number of amides is 1. The summed E-state index contributed by atoms with van der Waals surface area (Å²) in [6.45, 7) is 5.61. The molecule has 0 radical (unpaired) electrons. The maximum absolute atomic E-state index is 12.8. The van der Waals surface area contributed by atoms with Gasteiger partial charge in [0.1, 0.15) is 0 Å². The van der Waals surface area contributed by atoms with Crippen molar-refractivity contribution >= 4 is 28.8 Å². The van der Waals surface area contributed by atoms with Crippen LogP contribution in [-0.2, 0) is 6.54 Å². The minimum Gasteiger partial charge on any atom is -0.440 e. The number of Topliss-reactive ketones (excluding diaryl/α,β-unsaturated/α-hetero) is 1. The summed E-state index contributed by atoms with van der Waals surface area (Å²) in [7, 11) is 0. The number of aromatic nitrogens is 4. The molecule has 0 fully saturated rings. The smallest absolute Gasteiger partial charge is 0.279 e. The van der Waals surface area contributed by atoms with Gasteiger partial charge in [-0.1, -0.05) is 23.8 Å². The Balaban J connectivity index is 1.50. The van der Waals surface area contributed by atoms with Gasteiger partial charge in [-0.05, 0) is 32.0 Å². The summed E-state index contributed by atoms with van der Waals surface area (Å²) in [5, 5.41) is 11.2. The van der Waals surface area contributed by atoms with Crippen LogP contribution in [0.15, 0.2) is 47.0 Å². The Labute approximate surface area is 176 Å². The van der Waals surface area contributed by atoms with Crippen LogP contribution in [0.4, 0.5) is 5.82 Å². The third-order valence-electron chi connectivity index (χ3n) is 4.31. The summed E-state index contributed by atoms with van der Waals surface area (Å²) >= 11 is 1.40. The molecule has 9 heteroatoms. The van der Waals surface area contributed by atoms with Crippen molar-refractivity contribution in [2.45, 2.75) is 27.3 Å². The minimum absolute atomic E-state index is 0.0277. The largest absolute Gasteiger partial charge is 0.440 e. The first-order valence-corrected chi connectivity index (χ1v) is 10.1. The number of rotatable bonds is 6. The van der Waals surface area contributed by atoms with E-state index in [2.05, 4.69) is 20.5 Å². The van der Waals surface area contributed by atoms with Gasteiger partial charge in [0.2, 0.25) is 0 Å². The normalized spacial score (nSPS) is 10.9. The minimum atomic E-state index is -0.426. The Morgan fingerprint density at radius 1 is 1.20 bits per heavy atom. The van der Waals surface area contributed by atoms with Gasteiger partial charge in [-0.3, -0.25) is 9.59 Å². The molecule has 0 bridgehead atoms. The molecule has 1 aromatic carbocycles. The Morgan fingerprint density at radius 2 is 2.03 bits per heavy atom. The van der Waals surface area contributed by atoms with E-state index in [-0.39, 0.29) is 11.5 Å². The Bertz CT molecular complexity index is 1240. The first kappa shape index (κ1) is 19.7. The van der Waals surface area contributed by atoms with Gasteiger partial charge < -0.3 is 9.73 Å². The lowest BCUT2D eigenvalue weighted by molar-refractivity contribution is 0.101. The van der Waals surface area contributed by atoms with Crippen molar-refractivity contribution in [3.8, 4) is 11.3 Å². The highest BCUT2D eigenvalue weighted by Crippen LogP contribution is 2.26. The van der Waals surface area contributed by atoms with Crippen LogP contribution >= 0.6 is 11.3 Å². The Morgan fingerprint density at radius 3 is 2.77 bits per heavy atom. The fourth-order valence-corrected chi connectivity index (χ4v) is 3.84. The first-order chi connectivity index (χ1) is 14.4. The molecule has 0 aliphatic rings. The van der Waals surface area contributed by atoms with Gasteiger partial charge in [-0.2, -0.15) is 9.90 Å². The lowest BCUT2D eigenvalue weighted by atomic mass is 10.1. The number of benzene rings is 1. The number of aryl methyl sites for hydroxylation is 2. The highest BCUT2D eigenvalue weighted by Gasteiger charge is 2.21. The quantitative estimate of drug-likeness (QED) is 0.470. The predicted octanol–water partition coefficient (Wildman–Crippen LogP) is 4.11. The van der Waals surface area contributed by atoms with E-state index in [4.69, 9.17) is 4.42 Å². The van der Waals surface area contributed by atoms with E-state index < -0.39 is 5.91 Å². The maximum Gasteiger partial charge on any atom is 0.279 e. The lowest BCUT2D eigenvalue weighted by Gasteiger charge is -2.02. The number of oxazole rings is 1. The van der Waals surface area contributed by atoms with Gasteiger partial charge >= 0.3 is 0 Å². The molecule has 3 heterocycles. The molecule has 0 spiro atoms. The fraction of sp³-hybridized carbons (Fsp3) is 0.190. The van der Waals surface area contributed by atoms with Crippen LogP contribution in [0.5, 0.6) is 0 Å². The van der Waals surface area contributed by atoms with E-state index in [9.17, 15) is 9.59 Å². The molecular weight excluding hydrogens is 402 g/mol. The molecule has 0 saturated heterocycles. The second-order valence-electron chi connectivity index (χ2n) is 6.82. The Kier molecular flexibility index (Phi) is 5.28. The van der Waals surface area contributed by atoms with Crippen LogP contribution in [0.1, 0.15) is 43.4 Å². The van der Waals surface area contributed by atoms with Gasteiger partial charge in [0.15, 0.2) is 28.9 Å². The maximum atomic E-state index is 12.8. The molecular formula is C21H19N5O3S. The van der Waals surface area contributed by atoms with E-state index in [1.54, 1.807) is 13.0 Å².